The van der Waals surface area contributed by atoms with Crippen LogP contribution in [0.1, 0.15) is 12.6 Å². The van der Waals surface area contributed by atoms with Gasteiger partial charge in [-0.1, -0.05) is 11.6 Å². The van der Waals surface area contributed by atoms with E-state index in [1.165, 1.54) is 6.20 Å². The minimum absolute atomic E-state index is 0.160. The summed E-state index contributed by atoms with van der Waals surface area (Å²) in [6, 6.07) is 8.91. The summed E-state index contributed by atoms with van der Waals surface area (Å²) in [5, 5.41) is 12.9. The number of hydrogen-bond acceptors (Lipinski definition) is 4. The van der Waals surface area contributed by atoms with Crippen molar-refractivity contribution < 1.29 is 9.84 Å². The first kappa shape index (κ1) is 13.5. The van der Waals surface area contributed by atoms with Crippen LogP contribution >= 0.6 is 11.6 Å². The number of anilines is 1. The van der Waals surface area contributed by atoms with Crippen LogP contribution in [-0.2, 0) is 6.54 Å². The Morgan fingerprint density at radius 1 is 1.32 bits per heavy atom. The zero-order chi connectivity index (χ0) is 13.7. The molecular formula is C14H15ClN2O2. The highest BCUT2D eigenvalue weighted by Gasteiger charge is 2.02. The van der Waals surface area contributed by atoms with E-state index in [1.807, 2.05) is 25.1 Å². The highest BCUT2D eigenvalue weighted by molar-refractivity contribution is 6.32. The SMILES string of the molecule is CCOc1ccc(NCc2ccc(O)cn2)cc1Cl. The average molecular weight is 279 g/mol. The normalized spacial score (nSPS) is 10.2. The summed E-state index contributed by atoms with van der Waals surface area (Å²) in [5.41, 5.74) is 1.73. The molecule has 0 aliphatic carbocycles. The molecule has 1 heterocycles. The minimum atomic E-state index is 0.160. The van der Waals surface area contributed by atoms with Gasteiger partial charge in [0.1, 0.15) is 11.5 Å². The summed E-state index contributed by atoms with van der Waals surface area (Å²) in [6.45, 7) is 3.06. The Balaban J connectivity index is 1.99. The van der Waals surface area contributed by atoms with Crippen molar-refractivity contribution >= 4 is 17.3 Å². The number of nitrogens with one attached hydrogen (secondary N) is 1. The van der Waals surface area contributed by atoms with Crippen molar-refractivity contribution in [1.82, 2.24) is 4.98 Å². The molecule has 0 saturated heterocycles. The van der Waals surface area contributed by atoms with Gasteiger partial charge in [-0.15, -0.1) is 0 Å². The third kappa shape index (κ3) is 3.76. The monoisotopic (exact) mass is 278 g/mol. The first-order valence-electron chi connectivity index (χ1n) is 5.99. The second kappa shape index (κ2) is 6.29. The first-order valence-corrected chi connectivity index (χ1v) is 6.37. The van der Waals surface area contributed by atoms with Crippen LogP contribution in [0.15, 0.2) is 36.5 Å². The van der Waals surface area contributed by atoms with E-state index < -0.39 is 0 Å². The number of aromatic nitrogens is 1. The molecule has 0 bridgehead atoms. The van der Waals surface area contributed by atoms with E-state index >= 15 is 0 Å². The van der Waals surface area contributed by atoms with Crippen LogP contribution in [0, 0.1) is 0 Å². The summed E-state index contributed by atoms with van der Waals surface area (Å²) in [5.74, 6) is 0.838. The van der Waals surface area contributed by atoms with Crippen molar-refractivity contribution in [2.45, 2.75) is 13.5 Å². The van der Waals surface area contributed by atoms with Gasteiger partial charge in [-0.25, -0.2) is 0 Å². The van der Waals surface area contributed by atoms with Gasteiger partial charge in [-0.3, -0.25) is 4.98 Å². The van der Waals surface area contributed by atoms with Crippen LogP contribution in [0.5, 0.6) is 11.5 Å². The molecule has 0 aliphatic rings. The van der Waals surface area contributed by atoms with Crippen molar-refractivity contribution in [1.29, 1.82) is 0 Å². The lowest BCUT2D eigenvalue weighted by molar-refractivity contribution is 0.340. The number of pyridine rings is 1. The van der Waals surface area contributed by atoms with Crippen molar-refractivity contribution in [2.24, 2.45) is 0 Å². The second-order valence-corrected chi connectivity index (χ2v) is 4.35. The van der Waals surface area contributed by atoms with Crippen molar-refractivity contribution in [3.8, 4) is 11.5 Å². The smallest absolute Gasteiger partial charge is 0.138 e. The maximum absolute atomic E-state index is 9.15. The predicted octanol–water partition coefficient (Wildman–Crippen LogP) is 3.45. The molecule has 0 aliphatic heterocycles. The Kier molecular flexibility index (Phi) is 4.47. The summed E-state index contributed by atoms with van der Waals surface area (Å²) in [6.07, 6.45) is 1.42. The molecule has 0 spiro atoms. The molecule has 1 aromatic heterocycles. The van der Waals surface area contributed by atoms with Gasteiger partial charge in [0.15, 0.2) is 0 Å². The molecular weight excluding hydrogens is 264 g/mol. The predicted molar refractivity (Wildman–Crippen MR) is 75.8 cm³/mol. The number of nitrogens with zero attached hydrogens (tertiary/aromatic N) is 1. The van der Waals surface area contributed by atoms with Gasteiger partial charge in [0.25, 0.3) is 0 Å². The Bertz CT molecular complexity index is 544. The zero-order valence-electron chi connectivity index (χ0n) is 10.6. The molecule has 0 saturated carbocycles. The topological polar surface area (TPSA) is 54.4 Å². The van der Waals surface area contributed by atoms with Crippen molar-refractivity contribution in [3.63, 3.8) is 0 Å². The summed E-state index contributed by atoms with van der Waals surface area (Å²) in [7, 11) is 0. The number of ether oxygens (including phenoxy) is 1. The van der Waals surface area contributed by atoms with Crippen LogP contribution in [-0.4, -0.2) is 16.7 Å². The fraction of sp³-hybridized carbons (Fsp3) is 0.214. The Morgan fingerprint density at radius 2 is 2.16 bits per heavy atom. The highest BCUT2D eigenvalue weighted by Crippen LogP contribution is 2.27. The Labute approximate surface area is 117 Å². The molecule has 4 nitrogen and oxygen atoms in total. The largest absolute Gasteiger partial charge is 0.506 e. The van der Waals surface area contributed by atoms with Crippen LogP contribution in [0.4, 0.5) is 5.69 Å². The van der Waals surface area contributed by atoms with Gasteiger partial charge in [-0.2, -0.15) is 0 Å². The van der Waals surface area contributed by atoms with Gasteiger partial charge in [0.05, 0.1) is 30.1 Å². The lowest BCUT2D eigenvalue weighted by Gasteiger charge is -2.09. The Morgan fingerprint density at radius 3 is 2.79 bits per heavy atom. The minimum Gasteiger partial charge on any atom is -0.506 e. The fourth-order valence-electron chi connectivity index (χ4n) is 1.60. The zero-order valence-corrected chi connectivity index (χ0v) is 11.3. The molecule has 0 amide bonds. The lowest BCUT2D eigenvalue weighted by atomic mass is 10.3. The molecule has 0 radical (unpaired) electrons. The molecule has 0 fully saturated rings. The molecule has 19 heavy (non-hydrogen) atoms. The van der Waals surface area contributed by atoms with E-state index in [4.69, 9.17) is 21.4 Å². The van der Waals surface area contributed by atoms with Gasteiger partial charge in [0.2, 0.25) is 0 Å². The van der Waals surface area contributed by atoms with Gasteiger partial charge < -0.3 is 15.2 Å². The molecule has 0 atom stereocenters. The van der Waals surface area contributed by atoms with E-state index in [9.17, 15) is 0 Å². The maximum atomic E-state index is 9.15. The van der Waals surface area contributed by atoms with E-state index in [0.29, 0.717) is 23.9 Å². The maximum Gasteiger partial charge on any atom is 0.138 e. The van der Waals surface area contributed by atoms with Crippen LogP contribution < -0.4 is 10.1 Å². The fourth-order valence-corrected chi connectivity index (χ4v) is 1.83. The van der Waals surface area contributed by atoms with Crippen molar-refractivity contribution in [3.05, 3.63) is 47.2 Å². The molecule has 2 rings (SSSR count). The molecule has 2 aromatic rings. The molecule has 2 N–H and O–H groups in total. The lowest BCUT2D eigenvalue weighted by Crippen LogP contribution is -2.01. The number of hydrogen-bond donors (Lipinski definition) is 2. The molecule has 0 unspecified atom stereocenters. The average Bonchev–Trinajstić information content (AvgIpc) is 2.41. The first-order chi connectivity index (χ1) is 9.19. The Hall–Kier alpha value is -1.94. The molecule has 100 valence electrons. The van der Waals surface area contributed by atoms with E-state index in [1.54, 1.807) is 12.1 Å². The highest BCUT2D eigenvalue weighted by atomic mass is 35.5. The summed E-state index contributed by atoms with van der Waals surface area (Å²) >= 11 is 6.10. The summed E-state index contributed by atoms with van der Waals surface area (Å²) in [4.78, 5) is 4.09. The van der Waals surface area contributed by atoms with Crippen molar-refractivity contribution in [2.75, 3.05) is 11.9 Å². The van der Waals surface area contributed by atoms with Crippen LogP contribution in [0.3, 0.4) is 0 Å². The van der Waals surface area contributed by atoms with Gasteiger partial charge in [-0.05, 0) is 37.3 Å². The number of rotatable bonds is 5. The number of halogens is 1. The van der Waals surface area contributed by atoms with Crippen LogP contribution in [0.25, 0.3) is 0 Å². The third-order valence-corrected chi connectivity index (χ3v) is 2.81. The quantitative estimate of drug-likeness (QED) is 0.879. The van der Waals surface area contributed by atoms with E-state index in [-0.39, 0.29) is 5.75 Å². The van der Waals surface area contributed by atoms with E-state index in [2.05, 4.69) is 10.3 Å². The van der Waals surface area contributed by atoms with Gasteiger partial charge in [0, 0.05) is 5.69 Å². The molecule has 5 heteroatoms. The third-order valence-electron chi connectivity index (χ3n) is 2.51. The number of aromatic hydroxyl groups is 1. The summed E-state index contributed by atoms with van der Waals surface area (Å²) < 4.78 is 5.37. The van der Waals surface area contributed by atoms with Crippen LogP contribution in [0.2, 0.25) is 5.02 Å². The van der Waals surface area contributed by atoms with Gasteiger partial charge >= 0.3 is 0 Å². The van der Waals surface area contributed by atoms with E-state index in [0.717, 1.165) is 11.4 Å². The number of benzene rings is 1. The standard InChI is InChI=1S/C14H15ClN2O2/c1-2-19-14-6-4-10(7-13(14)15)16-8-11-3-5-12(18)9-17-11/h3-7,9,16,18H,2,8H2,1H3. The second-order valence-electron chi connectivity index (χ2n) is 3.94. The molecule has 1 aromatic carbocycles.